The van der Waals surface area contributed by atoms with Crippen LogP contribution in [-0.4, -0.2) is 12.9 Å². The Bertz CT molecular complexity index is 306. The predicted molar refractivity (Wildman–Crippen MR) is 60.7 cm³/mol. The van der Waals surface area contributed by atoms with Crippen LogP contribution in [0.15, 0.2) is 30.3 Å². The molecule has 2 atom stereocenters. The molecule has 0 aromatic heterocycles. The lowest BCUT2D eigenvalue weighted by atomic mass is 9.92. The molecule has 0 saturated carbocycles. The summed E-state index contributed by atoms with van der Waals surface area (Å²) in [5, 5.41) is 0. The van der Waals surface area contributed by atoms with Gasteiger partial charge in [0, 0.05) is 19.4 Å². The summed E-state index contributed by atoms with van der Waals surface area (Å²) in [5.74, 6) is 0.160. The molecule has 0 heterocycles. The fraction of sp³-hybridized carbons (Fsp3) is 0.462. The number of carbonyl (C=O) groups is 1. The molecule has 0 radical (unpaired) electrons. The minimum absolute atomic E-state index is 0.0811. The third kappa shape index (κ3) is 2.90. The lowest BCUT2D eigenvalue weighted by Crippen LogP contribution is -2.20. The molecule has 1 rings (SSSR count). The van der Waals surface area contributed by atoms with Crippen molar-refractivity contribution < 1.29 is 9.53 Å². The van der Waals surface area contributed by atoms with E-state index in [0.29, 0.717) is 6.42 Å². The van der Waals surface area contributed by atoms with E-state index in [-0.39, 0.29) is 17.8 Å². The maximum absolute atomic E-state index is 11.6. The number of benzene rings is 1. The molecule has 0 aliphatic heterocycles. The Hall–Kier alpha value is -1.15. The fourth-order valence-corrected chi connectivity index (χ4v) is 1.76. The van der Waals surface area contributed by atoms with Crippen LogP contribution in [0.25, 0.3) is 0 Å². The van der Waals surface area contributed by atoms with Crippen molar-refractivity contribution >= 4 is 5.78 Å². The maximum atomic E-state index is 11.6. The van der Waals surface area contributed by atoms with Crippen LogP contribution in [0.2, 0.25) is 0 Å². The van der Waals surface area contributed by atoms with Crippen LogP contribution < -0.4 is 0 Å². The number of ether oxygens (including phenoxy) is 1. The Morgan fingerprint density at radius 2 is 1.93 bits per heavy atom. The molecule has 0 aliphatic rings. The first kappa shape index (κ1) is 11.9. The summed E-state index contributed by atoms with van der Waals surface area (Å²) in [6.07, 6.45) is 0.437. The van der Waals surface area contributed by atoms with Crippen molar-refractivity contribution in [2.24, 2.45) is 5.92 Å². The molecule has 2 heteroatoms. The second-order valence-electron chi connectivity index (χ2n) is 3.68. The summed E-state index contributed by atoms with van der Waals surface area (Å²) in [6.45, 7) is 3.81. The molecule has 0 aliphatic carbocycles. The average molecular weight is 206 g/mol. The predicted octanol–water partition coefficient (Wildman–Crippen LogP) is 2.99. The van der Waals surface area contributed by atoms with E-state index in [2.05, 4.69) is 0 Å². The number of hydrogen-bond acceptors (Lipinski definition) is 2. The van der Waals surface area contributed by atoms with Gasteiger partial charge in [0.2, 0.25) is 0 Å². The van der Waals surface area contributed by atoms with Crippen molar-refractivity contribution in [1.29, 1.82) is 0 Å². The zero-order valence-corrected chi connectivity index (χ0v) is 9.57. The lowest BCUT2D eigenvalue weighted by molar-refractivity contribution is -0.126. The van der Waals surface area contributed by atoms with Crippen LogP contribution in [0.4, 0.5) is 0 Å². The lowest BCUT2D eigenvalue weighted by Gasteiger charge is -2.21. The van der Waals surface area contributed by atoms with Crippen molar-refractivity contribution in [3.8, 4) is 0 Å². The molecule has 15 heavy (non-hydrogen) atoms. The van der Waals surface area contributed by atoms with Gasteiger partial charge in [0.25, 0.3) is 0 Å². The third-order valence-corrected chi connectivity index (χ3v) is 2.69. The summed E-state index contributed by atoms with van der Waals surface area (Å²) in [6, 6.07) is 9.87. The van der Waals surface area contributed by atoms with Gasteiger partial charge in [-0.25, -0.2) is 0 Å². The quantitative estimate of drug-likeness (QED) is 0.740. The Labute approximate surface area is 91.3 Å². The standard InChI is InChI=1S/C13H18O2/c1-4-12(14)10(2)13(15-3)11-8-6-5-7-9-11/h5-10,13H,4H2,1-3H3. The number of hydrogen-bond donors (Lipinski definition) is 0. The van der Waals surface area contributed by atoms with Crippen molar-refractivity contribution in [1.82, 2.24) is 0 Å². The average Bonchev–Trinajstić information content (AvgIpc) is 2.30. The van der Waals surface area contributed by atoms with Gasteiger partial charge in [0.1, 0.15) is 5.78 Å². The summed E-state index contributed by atoms with van der Waals surface area (Å²) >= 11 is 0. The smallest absolute Gasteiger partial charge is 0.138 e. The fourth-order valence-electron chi connectivity index (χ4n) is 1.76. The normalized spacial score (nSPS) is 14.6. The highest BCUT2D eigenvalue weighted by Crippen LogP contribution is 2.26. The molecule has 0 N–H and O–H groups in total. The molecule has 0 bridgehead atoms. The summed E-state index contributed by atoms with van der Waals surface area (Å²) < 4.78 is 5.40. The molecule has 0 fully saturated rings. The van der Waals surface area contributed by atoms with Crippen LogP contribution >= 0.6 is 0 Å². The van der Waals surface area contributed by atoms with E-state index < -0.39 is 0 Å². The molecule has 2 unspecified atom stereocenters. The Morgan fingerprint density at radius 3 is 2.40 bits per heavy atom. The van der Waals surface area contributed by atoms with Crippen LogP contribution in [-0.2, 0) is 9.53 Å². The minimum Gasteiger partial charge on any atom is -0.376 e. The minimum atomic E-state index is -0.126. The van der Waals surface area contributed by atoms with Gasteiger partial charge in [-0.1, -0.05) is 44.2 Å². The van der Waals surface area contributed by atoms with Gasteiger partial charge < -0.3 is 4.74 Å². The second kappa shape index (κ2) is 5.66. The first-order chi connectivity index (χ1) is 7.20. The van der Waals surface area contributed by atoms with Gasteiger partial charge in [-0.15, -0.1) is 0 Å². The van der Waals surface area contributed by atoms with Crippen LogP contribution in [0.3, 0.4) is 0 Å². The number of methoxy groups -OCH3 is 1. The Balaban J connectivity index is 2.85. The third-order valence-electron chi connectivity index (χ3n) is 2.69. The zero-order valence-electron chi connectivity index (χ0n) is 9.57. The van der Waals surface area contributed by atoms with Crippen molar-refractivity contribution in [3.05, 3.63) is 35.9 Å². The first-order valence-electron chi connectivity index (χ1n) is 5.31. The molecule has 82 valence electrons. The number of carbonyl (C=O) groups excluding carboxylic acids is 1. The summed E-state index contributed by atoms with van der Waals surface area (Å²) in [5.41, 5.74) is 1.06. The molecule has 1 aromatic rings. The van der Waals surface area contributed by atoms with Gasteiger partial charge in [-0.2, -0.15) is 0 Å². The molecule has 0 saturated heterocycles. The Morgan fingerprint density at radius 1 is 1.33 bits per heavy atom. The molecule has 2 nitrogen and oxygen atoms in total. The van der Waals surface area contributed by atoms with Crippen LogP contribution in [0.5, 0.6) is 0 Å². The summed E-state index contributed by atoms with van der Waals surface area (Å²) in [7, 11) is 1.65. The van der Waals surface area contributed by atoms with Crippen molar-refractivity contribution in [2.75, 3.05) is 7.11 Å². The molecule has 1 aromatic carbocycles. The highest BCUT2D eigenvalue weighted by Gasteiger charge is 2.23. The highest BCUT2D eigenvalue weighted by atomic mass is 16.5. The number of rotatable bonds is 5. The topological polar surface area (TPSA) is 26.3 Å². The van der Waals surface area contributed by atoms with E-state index in [1.54, 1.807) is 7.11 Å². The largest absolute Gasteiger partial charge is 0.376 e. The van der Waals surface area contributed by atoms with Gasteiger partial charge in [-0.3, -0.25) is 4.79 Å². The van der Waals surface area contributed by atoms with E-state index in [1.165, 1.54) is 0 Å². The monoisotopic (exact) mass is 206 g/mol. The van der Waals surface area contributed by atoms with Crippen LogP contribution in [0, 0.1) is 5.92 Å². The van der Waals surface area contributed by atoms with Gasteiger partial charge >= 0.3 is 0 Å². The Kier molecular flexibility index (Phi) is 4.50. The van der Waals surface area contributed by atoms with E-state index in [0.717, 1.165) is 5.56 Å². The molecular formula is C13H18O2. The van der Waals surface area contributed by atoms with Gasteiger partial charge in [0.05, 0.1) is 6.10 Å². The summed E-state index contributed by atoms with van der Waals surface area (Å²) in [4.78, 5) is 11.6. The van der Waals surface area contributed by atoms with Gasteiger partial charge in [-0.05, 0) is 5.56 Å². The SMILES string of the molecule is CCC(=O)C(C)C(OC)c1ccccc1. The van der Waals surface area contributed by atoms with E-state index in [1.807, 2.05) is 44.2 Å². The van der Waals surface area contributed by atoms with Gasteiger partial charge in [0.15, 0.2) is 0 Å². The van der Waals surface area contributed by atoms with Crippen molar-refractivity contribution in [2.45, 2.75) is 26.4 Å². The van der Waals surface area contributed by atoms with E-state index in [9.17, 15) is 4.79 Å². The van der Waals surface area contributed by atoms with Crippen LogP contribution in [0.1, 0.15) is 31.9 Å². The number of Topliss-reactive ketones (excluding diaryl/α,β-unsaturated/α-hetero) is 1. The zero-order chi connectivity index (χ0) is 11.3. The second-order valence-corrected chi connectivity index (χ2v) is 3.68. The van der Waals surface area contributed by atoms with Crippen molar-refractivity contribution in [3.63, 3.8) is 0 Å². The van der Waals surface area contributed by atoms with E-state index in [4.69, 9.17) is 4.74 Å². The molecule has 0 spiro atoms. The molecule has 0 amide bonds. The highest BCUT2D eigenvalue weighted by molar-refractivity contribution is 5.81. The maximum Gasteiger partial charge on any atom is 0.138 e. The van der Waals surface area contributed by atoms with E-state index >= 15 is 0 Å². The number of ketones is 1. The first-order valence-corrected chi connectivity index (χ1v) is 5.31. The molecular weight excluding hydrogens is 188 g/mol.